The number of aryl methyl sites for hydroxylation is 1. The normalized spacial score (nSPS) is 12.0. The Labute approximate surface area is 172 Å². The van der Waals surface area contributed by atoms with Crippen molar-refractivity contribution in [1.82, 2.24) is 9.78 Å². The quantitative estimate of drug-likeness (QED) is 0.349. The highest BCUT2D eigenvalue weighted by molar-refractivity contribution is 7.99. The number of aromatic nitrogens is 2. The molecule has 2 rings (SSSR count). The molecule has 0 saturated heterocycles. The molecule has 0 radical (unpaired) electrons. The summed E-state index contributed by atoms with van der Waals surface area (Å²) in [6, 6.07) is 6.12. The van der Waals surface area contributed by atoms with Crippen LogP contribution in [0.15, 0.2) is 35.5 Å². The molecule has 0 aliphatic carbocycles. The predicted octanol–water partition coefficient (Wildman–Crippen LogP) is 5.43. The van der Waals surface area contributed by atoms with Gasteiger partial charge >= 0.3 is 5.97 Å². The Morgan fingerprint density at radius 3 is 2.75 bits per heavy atom. The second-order valence-electron chi connectivity index (χ2n) is 7.01. The van der Waals surface area contributed by atoms with Crippen molar-refractivity contribution in [3.8, 4) is 16.9 Å². The number of hydrogen-bond acceptors (Lipinski definition) is 5. The number of ether oxygens (including phenoxy) is 2. The van der Waals surface area contributed by atoms with Crippen molar-refractivity contribution in [3.63, 3.8) is 0 Å². The van der Waals surface area contributed by atoms with E-state index in [-0.39, 0.29) is 5.97 Å². The van der Waals surface area contributed by atoms with E-state index in [1.165, 1.54) is 12.8 Å². The first-order chi connectivity index (χ1) is 13.5. The number of carbonyl (C=O) groups is 1. The molecule has 1 unspecified atom stereocenters. The van der Waals surface area contributed by atoms with Crippen molar-refractivity contribution in [2.24, 2.45) is 5.92 Å². The number of rotatable bonds is 12. The third-order valence-electron chi connectivity index (χ3n) is 4.56. The van der Waals surface area contributed by atoms with E-state index >= 15 is 0 Å². The number of methoxy groups -OCH3 is 1. The molecule has 0 aliphatic heterocycles. The molecule has 6 heteroatoms. The molecular formula is C22H32N2O3S. The van der Waals surface area contributed by atoms with Crippen LogP contribution in [0.1, 0.15) is 46.5 Å². The van der Waals surface area contributed by atoms with Crippen LogP contribution in [-0.2, 0) is 16.1 Å². The van der Waals surface area contributed by atoms with Crippen LogP contribution >= 0.6 is 11.8 Å². The van der Waals surface area contributed by atoms with E-state index in [0.29, 0.717) is 24.7 Å². The van der Waals surface area contributed by atoms with Crippen molar-refractivity contribution >= 4 is 17.7 Å². The van der Waals surface area contributed by atoms with Crippen molar-refractivity contribution in [2.45, 2.75) is 57.9 Å². The second kappa shape index (κ2) is 11.8. The van der Waals surface area contributed by atoms with Crippen molar-refractivity contribution in [3.05, 3.63) is 30.6 Å². The molecule has 0 saturated carbocycles. The standard InChI is InChI=1S/C22H32N2O3S/c1-5-7-8-17(3)16-27-22(25)9-10-28-21-12-18(11-20(13-21)26-4)19-14-23-24(6-2)15-19/h11-15,17H,5-10,16H2,1-4H3. The monoisotopic (exact) mass is 404 g/mol. The molecule has 0 fully saturated rings. The van der Waals surface area contributed by atoms with Crippen LogP contribution in [0.3, 0.4) is 0 Å². The minimum atomic E-state index is -0.122. The lowest BCUT2D eigenvalue weighted by Gasteiger charge is -2.11. The van der Waals surface area contributed by atoms with Crippen LogP contribution in [0, 0.1) is 5.92 Å². The lowest BCUT2D eigenvalue weighted by Crippen LogP contribution is -2.12. The van der Waals surface area contributed by atoms with E-state index < -0.39 is 0 Å². The highest BCUT2D eigenvalue weighted by Crippen LogP contribution is 2.31. The van der Waals surface area contributed by atoms with Crippen LogP contribution < -0.4 is 4.74 Å². The van der Waals surface area contributed by atoms with E-state index in [2.05, 4.69) is 31.9 Å². The Kier molecular flexibility index (Phi) is 9.41. The topological polar surface area (TPSA) is 53.4 Å². The third-order valence-corrected chi connectivity index (χ3v) is 5.54. The SMILES string of the molecule is CCCCC(C)COC(=O)CCSc1cc(OC)cc(-c2cnn(CC)c2)c1. The maximum absolute atomic E-state index is 12.0. The third kappa shape index (κ3) is 7.23. The van der Waals surface area contributed by atoms with E-state index in [4.69, 9.17) is 9.47 Å². The van der Waals surface area contributed by atoms with Gasteiger partial charge in [0.15, 0.2) is 0 Å². The zero-order valence-electron chi connectivity index (χ0n) is 17.4. The van der Waals surface area contributed by atoms with Gasteiger partial charge in [-0.1, -0.05) is 26.7 Å². The number of thioether (sulfide) groups is 1. The molecule has 154 valence electrons. The van der Waals surface area contributed by atoms with Gasteiger partial charge in [0.25, 0.3) is 0 Å². The van der Waals surface area contributed by atoms with Gasteiger partial charge in [-0.15, -0.1) is 11.8 Å². The molecule has 1 aromatic carbocycles. The van der Waals surface area contributed by atoms with E-state index in [1.54, 1.807) is 18.9 Å². The molecule has 1 atom stereocenters. The number of hydrogen-bond donors (Lipinski definition) is 0. The first-order valence-corrected chi connectivity index (χ1v) is 11.0. The number of nitrogens with zero attached hydrogens (tertiary/aromatic N) is 2. The summed E-state index contributed by atoms with van der Waals surface area (Å²) in [4.78, 5) is 13.1. The molecule has 5 nitrogen and oxygen atoms in total. The van der Waals surface area contributed by atoms with Crippen molar-refractivity contribution in [2.75, 3.05) is 19.5 Å². The fourth-order valence-electron chi connectivity index (χ4n) is 2.82. The summed E-state index contributed by atoms with van der Waals surface area (Å²) in [6.45, 7) is 7.73. The molecule has 0 N–H and O–H groups in total. The smallest absolute Gasteiger partial charge is 0.306 e. The minimum absolute atomic E-state index is 0.122. The van der Waals surface area contributed by atoms with Crippen molar-refractivity contribution in [1.29, 1.82) is 0 Å². The summed E-state index contributed by atoms with van der Waals surface area (Å²) < 4.78 is 12.7. The Morgan fingerprint density at radius 1 is 1.25 bits per heavy atom. The van der Waals surface area contributed by atoms with Gasteiger partial charge in [0.05, 0.1) is 26.3 Å². The van der Waals surface area contributed by atoms with Crippen molar-refractivity contribution < 1.29 is 14.3 Å². The summed E-state index contributed by atoms with van der Waals surface area (Å²) in [5.74, 6) is 1.80. The maximum atomic E-state index is 12.0. The Morgan fingerprint density at radius 2 is 2.07 bits per heavy atom. The Bertz CT molecular complexity index is 745. The average molecular weight is 405 g/mol. The summed E-state index contributed by atoms with van der Waals surface area (Å²) in [5.41, 5.74) is 2.12. The summed E-state index contributed by atoms with van der Waals surface area (Å²) >= 11 is 1.64. The lowest BCUT2D eigenvalue weighted by atomic mass is 10.1. The molecule has 1 aromatic heterocycles. The summed E-state index contributed by atoms with van der Waals surface area (Å²) in [5, 5.41) is 4.34. The molecule has 0 bridgehead atoms. The Hall–Kier alpha value is -1.95. The minimum Gasteiger partial charge on any atom is -0.497 e. The molecule has 2 aromatic rings. The molecule has 0 amide bonds. The molecule has 1 heterocycles. The first kappa shape index (κ1) is 22.3. The number of esters is 1. The van der Waals surface area contributed by atoms with E-state index in [0.717, 1.165) is 34.7 Å². The maximum Gasteiger partial charge on any atom is 0.306 e. The average Bonchev–Trinajstić information content (AvgIpc) is 3.19. The molecule has 0 spiro atoms. The van der Waals surface area contributed by atoms with Crippen LogP contribution in [0.4, 0.5) is 0 Å². The van der Waals surface area contributed by atoms with Crippen LogP contribution in [0.25, 0.3) is 11.1 Å². The lowest BCUT2D eigenvalue weighted by molar-refractivity contribution is -0.144. The predicted molar refractivity (Wildman–Crippen MR) is 115 cm³/mol. The van der Waals surface area contributed by atoms with Crippen LogP contribution in [0.2, 0.25) is 0 Å². The summed E-state index contributed by atoms with van der Waals surface area (Å²) in [6.07, 6.45) is 7.77. The summed E-state index contributed by atoms with van der Waals surface area (Å²) in [7, 11) is 1.67. The van der Waals surface area contributed by atoms with E-state index in [9.17, 15) is 4.79 Å². The van der Waals surface area contributed by atoms with Gasteiger partial charge in [-0.25, -0.2) is 0 Å². The van der Waals surface area contributed by atoms with Gasteiger partial charge in [-0.05, 0) is 43.0 Å². The first-order valence-electron chi connectivity index (χ1n) is 10.1. The highest BCUT2D eigenvalue weighted by Gasteiger charge is 2.10. The highest BCUT2D eigenvalue weighted by atomic mass is 32.2. The fraction of sp³-hybridized carbons (Fsp3) is 0.545. The van der Waals surface area contributed by atoms with Crippen LogP contribution in [-0.4, -0.2) is 35.2 Å². The fourth-order valence-corrected chi connectivity index (χ4v) is 3.73. The van der Waals surface area contributed by atoms with Gasteiger partial charge in [0.2, 0.25) is 0 Å². The number of benzene rings is 1. The Balaban J connectivity index is 1.88. The zero-order chi connectivity index (χ0) is 20.4. The second-order valence-corrected chi connectivity index (χ2v) is 8.18. The van der Waals surface area contributed by atoms with E-state index in [1.807, 2.05) is 29.2 Å². The van der Waals surface area contributed by atoms with Gasteiger partial charge in [-0.2, -0.15) is 5.10 Å². The number of unbranched alkanes of at least 4 members (excludes halogenated alkanes) is 1. The van der Waals surface area contributed by atoms with Gasteiger partial charge in [0.1, 0.15) is 5.75 Å². The molecule has 28 heavy (non-hydrogen) atoms. The molecule has 0 aliphatic rings. The van der Waals surface area contributed by atoms with Crippen LogP contribution in [0.5, 0.6) is 5.75 Å². The largest absolute Gasteiger partial charge is 0.497 e. The molecular weight excluding hydrogens is 372 g/mol. The zero-order valence-corrected chi connectivity index (χ0v) is 18.3. The van der Waals surface area contributed by atoms with Gasteiger partial charge in [-0.3, -0.25) is 9.48 Å². The van der Waals surface area contributed by atoms with Gasteiger partial charge < -0.3 is 9.47 Å². The van der Waals surface area contributed by atoms with Gasteiger partial charge in [0, 0.05) is 29.0 Å². The number of carbonyl (C=O) groups excluding carboxylic acids is 1.